The number of nitrogens with zero attached hydrogens (tertiary/aromatic N) is 1. The van der Waals surface area contributed by atoms with Gasteiger partial charge in [0.2, 0.25) is 0 Å². The molecule has 2 aromatic carbocycles. The predicted molar refractivity (Wildman–Crippen MR) is 94.5 cm³/mol. The Bertz CT molecular complexity index is 674. The maximum absolute atomic E-state index is 12.8. The van der Waals surface area contributed by atoms with Crippen LogP contribution in [0.3, 0.4) is 0 Å². The summed E-state index contributed by atoms with van der Waals surface area (Å²) in [7, 11) is 0. The number of rotatable bonds is 3. The van der Waals surface area contributed by atoms with Crippen LogP contribution in [0.4, 0.5) is 0 Å². The fourth-order valence-electron chi connectivity index (χ4n) is 2.89. The van der Waals surface area contributed by atoms with Crippen molar-refractivity contribution in [3.63, 3.8) is 0 Å². The van der Waals surface area contributed by atoms with Crippen LogP contribution in [0, 0.1) is 0 Å². The highest BCUT2D eigenvalue weighted by Gasteiger charge is 2.30. The lowest BCUT2D eigenvalue weighted by Crippen LogP contribution is -2.51. The molecule has 23 heavy (non-hydrogen) atoms. The predicted octanol–water partition coefficient (Wildman–Crippen LogP) is 3.92. The van der Waals surface area contributed by atoms with Crippen LogP contribution in [0.1, 0.15) is 22.8 Å². The highest BCUT2D eigenvalue weighted by molar-refractivity contribution is 9.10. The summed E-state index contributed by atoms with van der Waals surface area (Å²) in [6, 6.07) is 17.9. The number of carbonyl (C=O) groups excluding carboxylic acids is 1. The normalized spacial score (nSPS) is 21.2. The van der Waals surface area contributed by atoms with Crippen LogP contribution in [0.25, 0.3) is 0 Å². The number of halogens is 1. The van der Waals surface area contributed by atoms with Crippen molar-refractivity contribution in [2.75, 3.05) is 13.2 Å². The fourth-order valence-corrected chi connectivity index (χ4v) is 3.29. The quantitative estimate of drug-likeness (QED) is 0.815. The van der Waals surface area contributed by atoms with E-state index < -0.39 is 0 Å². The summed E-state index contributed by atoms with van der Waals surface area (Å²) in [5, 5.41) is 0. The van der Waals surface area contributed by atoms with Crippen LogP contribution in [0.2, 0.25) is 0 Å². The number of ether oxygens (including phenoxy) is 1. The van der Waals surface area contributed by atoms with Crippen molar-refractivity contribution < 1.29 is 9.53 Å². The van der Waals surface area contributed by atoms with Crippen molar-refractivity contribution >= 4 is 21.8 Å². The zero-order valence-electron chi connectivity index (χ0n) is 13.1. The Morgan fingerprint density at radius 3 is 2.74 bits per heavy atom. The second-order valence-electron chi connectivity index (χ2n) is 5.96. The first-order valence-electron chi connectivity index (χ1n) is 7.85. The largest absolute Gasteiger partial charge is 0.374 e. The Labute approximate surface area is 145 Å². The molecule has 2 unspecified atom stereocenters. The molecule has 120 valence electrons. The maximum Gasteiger partial charge on any atom is 0.254 e. The van der Waals surface area contributed by atoms with Crippen molar-refractivity contribution in [3.8, 4) is 0 Å². The van der Waals surface area contributed by atoms with Gasteiger partial charge in [-0.2, -0.15) is 0 Å². The van der Waals surface area contributed by atoms with E-state index >= 15 is 0 Å². The fraction of sp³-hybridized carbons (Fsp3) is 0.316. The van der Waals surface area contributed by atoms with Crippen molar-refractivity contribution in [1.29, 1.82) is 0 Å². The van der Waals surface area contributed by atoms with Gasteiger partial charge in [0.15, 0.2) is 0 Å². The van der Waals surface area contributed by atoms with E-state index in [-0.39, 0.29) is 18.1 Å². The summed E-state index contributed by atoms with van der Waals surface area (Å²) in [4.78, 5) is 14.7. The van der Waals surface area contributed by atoms with E-state index in [1.165, 1.54) is 5.56 Å². The molecule has 1 aliphatic rings. The van der Waals surface area contributed by atoms with Gasteiger partial charge in [-0.1, -0.05) is 52.3 Å². The molecule has 1 amide bonds. The first kappa shape index (κ1) is 16.2. The van der Waals surface area contributed by atoms with E-state index in [0.29, 0.717) is 18.7 Å². The van der Waals surface area contributed by atoms with Crippen molar-refractivity contribution in [1.82, 2.24) is 4.90 Å². The minimum absolute atomic E-state index is 0.0460. The first-order valence-corrected chi connectivity index (χ1v) is 8.65. The van der Waals surface area contributed by atoms with Crippen molar-refractivity contribution in [2.24, 2.45) is 0 Å². The molecule has 1 heterocycles. The lowest BCUT2D eigenvalue weighted by Gasteiger charge is -2.38. The van der Waals surface area contributed by atoms with Gasteiger partial charge < -0.3 is 9.64 Å². The monoisotopic (exact) mass is 373 g/mol. The second kappa shape index (κ2) is 7.28. The lowest BCUT2D eigenvalue weighted by atomic mass is 10.0. The van der Waals surface area contributed by atoms with Crippen LogP contribution in [0.5, 0.6) is 0 Å². The molecule has 0 aromatic heterocycles. The van der Waals surface area contributed by atoms with Gasteiger partial charge in [0.25, 0.3) is 5.91 Å². The van der Waals surface area contributed by atoms with Crippen LogP contribution in [-0.4, -0.2) is 36.1 Å². The van der Waals surface area contributed by atoms with Crippen molar-refractivity contribution in [3.05, 3.63) is 70.2 Å². The molecular weight excluding hydrogens is 354 g/mol. The molecule has 2 atom stereocenters. The first-order chi connectivity index (χ1) is 11.1. The standard InChI is InChI=1S/C19H20BrNO2/c1-14-13-23-18(10-15-6-3-2-4-7-15)12-21(14)19(22)16-8-5-9-17(20)11-16/h2-9,11,14,18H,10,12-13H2,1H3. The smallest absolute Gasteiger partial charge is 0.254 e. The SMILES string of the molecule is CC1COC(Cc2ccccc2)CN1C(=O)c1cccc(Br)c1. The molecule has 0 saturated carbocycles. The third-order valence-corrected chi connectivity index (χ3v) is 4.64. The Balaban J connectivity index is 1.72. The second-order valence-corrected chi connectivity index (χ2v) is 6.88. The van der Waals surface area contributed by atoms with Crippen LogP contribution in [0.15, 0.2) is 59.1 Å². The lowest BCUT2D eigenvalue weighted by molar-refractivity contribution is -0.0464. The molecule has 0 N–H and O–H groups in total. The third kappa shape index (κ3) is 4.01. The van der Waals surface area contributed by atoms with Gasteiger partial charge in [-0.15, -0.1) is 0 Å². The van der Waals surface area contributed by atoms with E-state index in [1.54, 1.807) is 0 Å². The number of benzene rings is 2. The summed E-state index contributed by atoms with van der Waals surface area (Å²) in [6.07, 6.45) is 0.875. The Kier molecular flexibility index (Phi) is 5.13. The van der Waals surface area contributed by atoms with E-state index in [1.807, 2.05) is 54.3 Å². The van der Waals surface area contributed by atoms with Gasteiger partial charge in [0, 0.05) is 23.0 Å². The highest BCUT2D eigenvalue weighted by atomic mass is 79.9. The molecule has 0 radical (unpaired) electrons. The van der Waals surface area contributed by atoms with Gasteiger partial charge in [-0.25, -0.2) is 0 Å². The van der Waals surface area contributed by atoms with Gasteiger partial charge in [-0.3, -0.25) is 4.79 Å². The molecule has 4 heteroatoms. The summed E-state index contributed by atoms with van der Waals surface area (Å²) < 4.78 is 6.85. The molecule has 1 aliphatic heterocycles. The van der Waals surface area contributed by atoms with E-state index in [4.69, 9.17) is 4.74 Å². The molecule has 1 saturated heterocycles. The number of hydrogen-bond donors (Lipinski definition) is 0. The zero-order valence-corrected chi connectivity index (χ0v) is 14.7. The van der Waals surface area contributed by atoms with Gasteiger partial charge >= 0.3 is 0 Å². The highest BCUT2D eigenvalue weighted by Crippen LogP contribution is 2.20. The average Bonchev–Trinajstić information content (AvgIpc) is 2.57. The van der Waals surface area contributed by atoms with Crippen LogP contribution in [-0.2, 0) is 11.2 Å². The third-order valence-electron chi connectivity index (χ3n) is 4.14. The number of hydrogen-bond acceptors (Lipinski definition) is 2. The van der Waals surface area contributed by atoms with Gasteiger partial charge in [0.1, 0.15) is 0 Å². The zero-order chi connectivity index (χ0) is 16.2. The van der Waals surface area contributed by atoms with Crippen molar-refractivity contribution in [2.45, 2.75) is 25.5 Å². The topological polar surface area (TPSA) is 29.5 Å². The Hall–Kier alpha value is -1.65. The molecule has 3 rings (SSSR count). The van der Waals surface area contributed by atoms with Crippen LogP contribution >= 0.6 is 15.9 Å². The molecule has 0 aliphatic carbocycles. The van der Waals surface area contributed by atoms with E-state index in [2.05, 4.69) is 28.1 Å². The molecule has 1 fully saturated rings. The summed E-state index contributed by atoms with van der Waals surface area (Å²) in [5.41, 5.74) is 1.95. The molecule has 0 spiro atoms. The number of amides is 1. The van der Waals surface area contributed by atoms with Gasteiger partial charge in [-0.05, 0) is 30.7 Å². The van der Waals surface area contributed by atoms with Gasteiger partial charge in [0.05, 0.1) is 18.8 Å². The Morgan fingerprint density at radius 1 is 1.22 bits per heavy atom. The number of morpholine rings is 1. The molecule has 0 bridgehead atoms. The maximum atomic E-state index is 12.8. The summed E-state index contributed by atoms with van der Waals surface area (Å²) in [5.74, 6) is 0.0696. The summed E-state index contributed by atoms with van der Waals surface area (Å²) >= 11 is 3.43. The number of carbonyl (C=O) groups is 1. The van der Waals surface area contributed by atoms with E-state index in [0.717, 1.165) is 10.9 Å². The van der Waals surface area contributed by atoms with E-state index in [9.17, 15) is 4.79 Å². The molecule has 3 nitrogen and oxygen atoms in total. The van der Waals surface area contributed by atoms with Crippen LogP contribution < -0.4 is 0 Å². The Morgan fingerprint density at radius 2 is 2.00 bits per heavy atom. The molecular formula is C19H20BrNO2. The summed E-state index contributed by atoms with van der Waals surface area (Å²) in [6.45, 7) is 3.24. The minimum atomic E-state index is 0.0460. The molecule has 2 aromatic rings. The average molecular weight is 374 g/mol. The minimum Gasteiger partial charge on any atom is -0.374 e.